The van der Waals surface area contributed by atoms with Crippen molar-refractivity contribution in [1.29, 1.82) is 0 Å². The molecule has 3 heteroatoms. The first-order chi connectivity index (χ1) is 11.7. The third-order valence-electron chi connectivity index (χ3n) is 4.81. The predicted octanol–water partition coefficient (Wildman–Crippen LogP) is 5.61. The summed E-state index contributed by atoms with van der Waals surface area (Å²) in [6.45, 7) is 16.0. The van der Waals surface area contributed by atoms with Gasteiger partial charge in [-0.2, -0.15) is 0 Å². The lowest BCUT2D eigenvalue weighted by Gasteiger charge is -2.25. The monoisotopic (exact) mass is 356 g/mol. The molecule has 2 aromatic carbocycles. The minimum Gasteiger partial charge on any atom is -0.507 e. The van der Waals surface area contributed by atoms with Crippen molar-refractivity contribution in [2.75, 3.05) is 0 Å². The smallest absolute Gasteiger partial charge is 0.126 e. The molecule has 0 saturated carbocycles. The molecule has 0 bridgehead atoms. The van der Waals surface area contributed by atoms with Crippen molar-refractivity contribution in [2.45, 2.75) is 72.6 Å². The molecule has 0 fully saturated rings. The number of phenolic OH excluding ortho intramolecular Hbond substituents is 3. The van der Waals surface area contributed by atoms with E-state index in [4.69, 9.17) is 0 Å². The van der Waals surface area contributed by atoms with E-state index in [0.29, 0.717) is 17.5 Å². The van der Waals surface area contributed by atoms with E-state index in [0.717, 1.165) is 22.3 Å². The fourth-order valence-corrected chi connectivity index (χ4v) is 3.48. The molecule has 0 amide bonds. The Morgan fingerprint density at radius 3 is 1.73 bits per heavy atom. The largest absolute Gasteiger partial charge is 0.507 e. The number of phenols is 3. The van der Waals surface area contributed by atoms with Gasteiger partial charge in [-0.05, 0) is 53.0 Å². The Bertz CT molecular complexity index is 834. The van der Waals surface area contributed by atoms with Crippen molar-refractivity contribution in [2.24, 2.45) is 0 Å². The van der Waals surface area contributed by atoms with Gasteiger partial charge in [0, 0.05) is 12.0 Å². The average Bonchev–Trinajstić information content (AvgIpc) is 2.45. The lowest BCUT2D eigenvalue weighted by atomic mass is 9.81. The maximum Gasteiger partial charge on any atom is 0.126 e. The zero-order valence-corrected chi connectivity index (χ0v) is 17.3. The van der Waals surface area contributed by atoms with Crippen LogP contribution in [0.25, 0.3) is 0 Å². The van der Waals surface area contributed by atoms with Gasteiger partial charge in [-0.1, -0.05) is 59.2 Å². The van der Waals surface area contributed by atoms with Crippen LogP contribution in [0.15, 0.2) is 18.2 Å². The third kappa shape index (κ3) is 3.82. The maximum atomic E-state index is 10.8. The number of rotatable bonds is 2. The van der Waals surface area contributed by atoms with Crippen molar-refractivity contribution in [3.63, 3.8) is 0 Å². The number of hydrogen-bond donors (Lipinski definition) is 3. The van der Waals surface area contributed by atoms with Crippen LogP contribution in [-0.2, 0) is 17.3 Å². The first-order valence-electron chi connectivity index (χ1n) is 9.11. The van der Waals surface area contributed by atoms with Gasteiger partial charge in [0.05, 0.1) is 0 Å². The Morgan fingerprint density at radius 2 is 1.23 bits per heavy atom. The van der Waals surface area contributed by atoms with Gasteiger partial charge in [0.2, 0.25) is 0 Å². The SMILES string of the molecule is Cc1cc(Cc2cc(C)c(O)c(C(C)(C)C)c2O)c(O)c(C(C)(C)C)c1. The fraction of sp³-hybridized carbons (Fsp3) is 0.478. The van der Waals surface area contributed by atoms with Crippen LogP contribution in [0.4, 0.5) is 0 Å². The summed E-state index contributed by atoms with van der Waals surface area (Å²) in [6.07, 6.45) is 0.409. The average molecular weight is 357 g/mol. The maximum absolute atomic E-state index is 10.8. The van der Waals surface area contributed by atoms with E-state index in [1.807, 2.05) is 46.8 Å². The Kier molecular flexibility index (Phi) is 5.06. The molecule has 3 nitrogen and oxygen atoms in total. The molecule has 2 aromatic rings. The number of aromatic hydroxyl groups is 3. The standard InChI is InChI=1S/C23H32O3/c1-13-9-15(20(25)17(10-13)22(3,4)5)12-16-11-14(2)19(24)18(21(16)26)23(6,7)8/h9-11,24-26H,12H2,1-8H3. The van der Waals surface area contributed by atoms with E-state index >= 15 is 0 Å². The lowest BCUT2D eigenvalue weighted by Crippen LogP contribution is -2.14. The van der Waals surface area contributed by atoms with Crippen LogP contribution in [-0.4, -0.2) is 15.3 Å². The van der Waals surface area contributed by atoms with Gasteiger partial charge in [-0.3, -0.25) is 0 Å². The van der Waals surface area contributed by atoms with Gasteiger partial charge in [0.1, 0.15) is 17.2 Å². The van der Waals surface area contributed by atoms with Gasteiger partial charge >= 0.3 is 0 Å². The van der Waals surface area contributed by atoms with Crippen molar-refractivity contribution in [1.82, 2.24) is 0 Å². The highest BCUT2D eigenvalue weighted by atomic mass is 16.3. The Hall–Kier alpha value is -2.16. The fourth-order valence-electron chi connectivity index (χ4n) is 3.48. The van der Waals surface area contributed by atoms with E-state index in [9.17, 15) is 15.3 Å². The van der Waals surface area contributed by atoms with Gasteiger partial charge in [0.25, 0.3) is 0 Å². The highest BCUT2D eigenvalue weighted by molar-refractivity contribution is 5.58. The minimum absolute atomic E-state index is 0.110. The molecule has 0 aliphatic rings. The van der Waals surface area contributed by atoms with E-state index in [1.165, 1.54) is 0 Å². The van der Waals surface area contributed by atoms with Gasteiger partial charge in [-0.15, -0.1) is 0 Å². The predicted molar refractivity (Wildman–Crippen MR) is 108 cm³/mol. The Morgan fingerprint density at radius 1 is 0.692 bits per heavy atom. The summed E-state index contributed by atoms with van der Waals surface area (Å²) in [6, 6.07) is 5.78. The lowest BCUT2D eigenvalue weighted by molar-refractivity contribution is 0.404. The molecule has 26 heavy (non-hydrogen) atoms. The Balaban J connectivity index is 2.64. The molecule has 0 unspecified atom stereocenters. The minimum atomic E-state index is -0.389. The number of aryl methyl sites for hydroxylation is 2. The molecule has 0 aliphatic carbocycles. The first kappa shape index (κ1) is 20.2. The normalized spacial score (nSPS) is 12.5. The van der Waals surface area contributed by atoms with Gasteiger partial charge in [0.15, 0.2) is 0 Å². The molecule has 0 spiro atoms. The van der Waals surface area contributed by atoms with Crippen molar-refractivity contribution in [3.8, 4) is 17.2 Å². The summed E-state index contributed by atoms with van der Waals surface area (Å²) in [5.74, 6) is 0.534. The summed E-state index contributed by atoms with van der Waals surface area (Å²) >= 11 is 0. The van der Waals surface area contributed by atoms with Crippen LogP contribution in [0.2, 0.25) is 0 Å². The molecular weight excluding hydrogens is 324 g/mol. The summed E-state index contributed by atoms with van der Waals surface area (Å²) in [5.41, 5.74) is 4.20. The van der Waals surface area contributed by atoms with Crippen LogP contribution in [0.3, 0.4) is 0 Å². The highest BCUT2D eigenvalue weighted by Crippen LogP contribution is 2.43. The zero-order chi connectivity index (χ0) is 20.0. The molecule has 0 aliphatic heterocycles. The third-order valence-corrected chi connectivity index (χ3v) is 4.81. The van der Waals surface area contributed by atoms with Gasteiger partial charge < -0.3 is 15.3 Å². The van der Waals surface area contributed by atoms with Crippen LogP contribution >= 0.6 is 0 Å². The summed E-state index contributed by atoms with van der Waals surface area (Å²) in [4.78, 5) is 0. The summed E-state index contributed by atoms with van der Waals surface area (Å²) in [5, 5.41) is 32.1. The molecular formula is C23H32O3. The van der Waals surface area contributed by atoms with Crippen molar-refractivity contribution >= 4 is 0 Å². The van der Waals surface area contributed by atoms with Gasteiger partial charge in [-0.25, -0.2) is 0 Å². The topological polar surface area (TPSA) is 60.7 Å². The van der Waals surface area contributed by atoms with Crippen LogP contribution in [0.5, 0.6) is 17.2 Å². The second-order valence-corrected chi connectivity index (χ2v) is 9.42. The zero-order valence-electron chi connectivity index (χ0n) is 17.3. The molecule has 0 radical (unpaired) electrons. The van der Waals surface area contributed by atoms with E-state index in [-0.39, 0.29) is 28.1 Å². The van der Waals surface area contributed by atoms with Crippen LogP contribution < -0.4 is 0 Å². The molecule has 142 valence electrons. The van der Waals surface area contributed by atoms with Crippen LogP contribution in [0.1, 0.15) is 74.9 Å². The molecule has 0 saturated heterocycles. The van der Waals surface area contributed by atoms with E-state index in [1.54, 1.807) is 6.07 Å². The van der Waals surface area contributed by atoms with Crippen molar-refractivity contribution in [3.05, 3.63) is 51.6 Å². The van der Waals surface area contributed by atoms with Crippen molar-refractivity contribution < 1.29 is 15.3 Å². The summed E-state index contributed by atoms with van der Waals surface area (Å²) in [7, 11) is 0. The van der Waals surface area contributed by atoms with Crippen LogP contribution in [0, 0.1) is 13.8 Å². The Labute approximate surface area is 157 Å². The quantitative estimate of drug-likeness (QED) is 0.656. The highest BCUT2D eigenvalue weighted by Gasteiger charge is 2.27. The second kappa shape index (κ2) is 6.53. The second-order valence-electron chi connectivity index (χ2n) is 9.42. The van der Waals surface area contributed by atoms with E-state index < -0.39 is 0 Å². The molecule has 0 atom stereocenters. The number of hydrogen-bond acceptors (Lipinski definition) is 3. The molecule has 0 heterocycles. The van der Waals surface area contributed by atoms with E-state index in [2.05, 4.69) is 20.8 Å². The molecule has 2 rings (SSSR count). The molecule has 3 N–H and O–H groups in total. The summed E-state index contributed by atoms with van der Waals surface area (Å²) < 4.78 is 0. The first-order valence-corrected chi connectivity index (χ1v) is 9.11. The number of benzene rings is 2. The molecule has 0 aromatic heterocycles.